The highest BCUT2D eigenvalue weighted by atomic mass is 16.4. The van der Waals surface area contributed by atoms with Crippen molar-refractivity contribution in [2.24, 2.45) is 0 Å². The van der Waals surface area contributed by atoms with Crippen LogP contribution in [0.25, 0.3) is 10.9 Å². The summed E-state index contributed by atoms with van der Waals surface area (Å²) < 4.78 is 0. The zero-order chi connectivity index (χ0) is 13.9. The molecule has 0 fully saturated rings. The third-order valence-corrected chi connectivity index (χ3v) is 3.17. The van der Waals surface area contributed by atoms with Gasteiger partial charge in [0.15, 0.2) is 0 Å². The molecule has 5 nitrogen and oxygen atoms in total. The Morgan fingerprint density at radius 3 is 2.75 bits per heavy atom. The van der Waals surface area contributed by atoms with Gasteiger partial charge >= 0.3 is 5.97 Å². The summed E-state index contributed by atoms with van der Waals surface area (Å²) in [6.45, 7) is 0.629. The summed E-state index contributed by atoms with van der Waals surface area (Å²) in [6.07, 6.45) is 1.78. The Morgan fingerprint density at radius 1 is 1.20 bits per heavy atom. The number of rotatable bonds is 4. The minimum Gasteiger partial charge on any atom is -0.478 e. The smallest absolute Gasteiger partial charge is 0.335 e. The monoisotopic (exact) mass is 267 g/mol. The largest absolute Gasteiger partial charge is 0.478 e. The summed E-state index contributed by atoms with van der Waals surface area (Å²) in [5, 5.41) is 20.2. The van der Waals surface area contributed by atoms with Crippen molar-refractivity contribution < 1.29 is 9.90 Å². The minimum absolute atomic E-state index is 0.297. The Kier molecular flexibility index (Phi) is 3.09. The van der Waals surface area contributed by atoms with Gasteiger partial charge in [-0.25, -0.2) is 4.79 Å². The second-order valence-corrected chi connectivity index (χ2v) is 4.49. The van der Waals surface area contributed by atoms with Gasteiger partial charge in [0, 0.05) is 17.6 Å². The van der Waals surface area contributed by atoms with Crippen LogP contribution in [0.5, 0.6) is 0 Å². The van der Waals surface area contributed by atoms with Gasteiger partial charge in [0.05, 0.1) is 17.3 Å². The molecule has 0 unspecified atom stereocenters. The summed E-state index contributed by atoms with van der Waals surface area (Å²) in [5.41, 5.74) is 3.30. The van der Waals surface area contributed by atoms with Crippen molar-refractivity contribution in [3.63, 3.8) is 0 Å². The fourth-order valence-corrected chi connectivity index (χ4v) is 2.08. The average molecular weight is 267 g/mol. The first kappa shape index (κ1) is 12.2. The molecule has 3 rings (SSSR count). The number of nitrogens with one attached hydrogen (secondary N) is 2. The molecule has 0 aliphatic carbocycles. The van der Waals surface area contributed by atoms with E-state index < -0.39 is 5.97 Å². The number of aromatic amines is 1. The normalized spacial score (nSPS) is 10.6. The van der Waals surface area contributed by atoms with Crippen molar-refractivity contribution >= 4 is 22.6 Å². The van der Waals surface area contributed by atoms with Gasteiger partial charge in [-0.15, -0.1) is 0 Å². The molecule has 0 aliphatic heterocycles. The van der Waals surface area contributed by atoms with Crippen LogP contribution in [0.2, 0.25) is 0 Å². The Balaban J connectivity index is 1.76. The third kappa shape index (κ3) is 2.33. The number of H-pyrrole nitrogens is 1. The highest BCUT2D eigenvalue weighted by Crippen LogP contribution is 2.21. The van der Waals surface area contributed by atoms with E-state index in [0.29, 0.717) is 12.1 Å². The summed E-state index contributed by atoms with van der Waals surface area (Å²) in [4.78, 5) is 10.8. The first-order valence-corrected chi connectivity index (χ1v) is 6.22. The number of benzene rings is 2. The van der Waals surface area contributed by atoms with E-state index in [1.54, 1.807) is 18.3 Å². The van der Waals surface area contributed by atoms with Crippen LogP contribution in [-0.4, -0.2) is 21.3 Å². The van der Waals surface area contributed by atoms with Crippen molar-refractivity contribution in [2.45, 2.75) is 6.54 Å². The number of aromatic nitrogens is 2. The molecular formula is C15H13N3O2. The molecule has 0 saturated carbocycles. The molecule has 0 bridgehead atoms. The first-order valence-electron chi connectivity index (χ1n) is 6.22. The van der Waals surface area contributed by atoms with Gasteiger partial charge in [0.2, 0.25) is 0 Å². The van der Waals surface area contributed by atoms with Crippen LogP contribution in [0.3, 0.4) is 0 Å². The highest BCUT2D eigenvalue weighted by Gasteiger charge is 2.04. The molecule has 1 heterocycles. The van der Waals surface area contributed by atoms with Gasteiger partial charge in [-0.1, -0.05) is 18.2 Å². The summed E-state index contributed by atoms with van der Waals surface area (Å²) >= 11 is 0. The predicted octanol–water partition coefficient (Wildman–Crippen LogP) is 2.87. The van der Waals surface area contributed by atoms with E-state index in [2.05, 4.69) is 15.5 Å². The maximum Gasteiger partial charge on any atom is 0.335 e. The molecule has 5 heteroatoms. The van der Waals surface area contributed by atoms with Crippen LogP contribution >= 0.6 is 0 Å². The predicted molar refractivity (Wildman–Crippen MR) is 76.8 cm³/mol. The zero-order valence-electron chi connectivity index (χ0n) is 10.6. The lowest BCUT2D eigenvalue weighted by Gasteiger charge is -2.07. The van der Waals surface area contributed by atoms with Crippen molar-refractivity contribution in [1.29, 1.82) is 0 Å². The molecule has 0 aliphatic rings. The van der Waals surface area contributed by atoms with Gasteiger partial charge in [-0.2, -0.15) is 5.10 Å². The first-order chi connectivity index (χ1) is 9.74. The van der Waals surface area contributed by atoms with Crippen molar-refractivity contribution in [1.82, 2.24) is 10.2 Å². The maximum absolute atomic E-state index is 10.8. The van der Waals surface area contributed by atoms with Gasteiger partial charge in [-0.3, -0.25) is 5.10 Å². The van der Waals surface area contributed by atoms with Gasteiger partial charge in [0.1, 0.15) is 0 Å². The van der Waals surface area contributed by atoms with Gasteiger partial charge in [-0.05, 0) is 29.8 Å². The molecular weight excluding hydrogens is 254 g/mol. The summed E-state index contributed by atoms with van der Waals surface area (Å²) in [7, 11) is 0. The lowest BCUT2D eigenvalue weighted by molar-refractivity contribution is 0.0697. The Bertz CT molecular complexity index is 747. The van der Waals surface area contributed by atoms with Crippen molar-refractivity contribution in [3.8, 4) is 0 Å². The molecule has 0 saturated heterocycles. The number of hydrogen-bond donors (Lipinski definition) is 3. The lowest BCUT2D eigenvalue weighted by Crippen LogP contribution is -2.01. The fourth-order valence-electron chi connectivity index (χ4n) is 2.08. The molecule has 0 radical (unpaired) electrons. The molecule has 100 valence electrons. The summed E-state index contributed by atoms with van der Waals surface area (Å²) in [5.74, 6) is -0.910. The number of carbonyl (C=O) groups is 1. The number of nitrogens with zero attached hydrogens (tertiary/aromatic N) is 1. The molecule has 0 spiro atoms. The average Bonchev–Trinajstić information content (AvgIpc) is 2.94. The van der Waals surface area contributed by atoms with E-state index in [4.69, 9.17) is 5.11 Å². The zero-order valence-corrected chi connectivity index (χ0v) is 10.6. The molecule has 1 aromatic heterocycles. The van der Waals surface area contributed by atoms with Crippen LogP contribution in [0, 0.1) is 0 Å². The van der Waals surface area contributed by atoms with E-state index in [1.165, 1.54) is 0 Å². The number of carboxylic acid groups (broad SMARTS) is 1. The Morgan fingerprint density at radius 2 is 2.00 bits per heavy atom. The van der Waals surface area contributed by atoms with Crippen LogP contribution in [-0.2, 0) is 6.54 Å². The Labute approximate surface area is 115 Å². The Hall–Kier alpha value is -2.82. The van der Waals surface area contributed by atoms with Crippen LogP contribution in [0.4, 0.5) is 5.69 Å². The second kappa shape index (κ2) is 5.05. The number of anilines is 1. The van der Waals surface area contributed by atoms with Crippen LogP contribution < -0.4 is 5.32 Å². The third-order valence-electron chi connectivity index (χ3n) is 3.17. The molecule has 0 atom stereocenters. The van der Waals surface area contributed by atoms with Crippen molar-refractivity contribution in [3.05, 3.63) is 59.8 Å². The number of hydrogen-bond acceptors (Lipinski definition) is 3. The topological polar surface area (TPSA) is 78.0 Å². The number of carboxylic acids is 1. The van der Waals surface area contributed by atoms with Gasteiger partial charge < -0.3 is 10.4 Å². The lowest BCUT2D eigenvalue weighted by atomic mass is 10.1. The number of fused-ring (bicyclic) bond motifs is 1. The van der Waals surface area contributed by atoms with Gasteiger partial charge in [0.25, 0.3) is 0 Å². The number of aromatic carboxylic acids is 1. The maximum atomic E-state index is 10.8. The fraction of sp³-hybridized carbons (Fsp3) is 0.0667. The van der Waals surface area contributed by atoms with Crippen LogP contribution in [0.15, 0.2) is 48.7 Å². The van der Waals surface area contributed by atoms with Crippen molar-refractivity contribution in [2.75, 3.05) is 5.32 Å². The van der Waals surface area contributed by atoms with Crippen LogP contribution in [0.1, 0.15) is 15.9 Å². The molecule has 3 N–H and O–H groups in total. The molecule has 3 aromatic rings. The van der Waals surface area contributed by atoms with E-state index in [1.807, 2.05) is 30.3 Å². The minimum atomic E-state index is -0.910. The molecule has 20 heavy (non-hydrogen) atoms. The second-order valence-electron chi connectivity index (χ2n) is 4.49. The summed E-state index contributed by atoms with van der Waals surface area (Å²) in [6, 6.07) is 12.8. The van der Waals surface area contributed by atoms with E-state index >= 15 is 0 Å². The quantitative estimate of drug-likeness (QED) is 0.679. The molecule has 0 amide bonds. The SMILES string of the molecule is O=C(O)c1ccc(CNc2cccc3[nH]ncc23)cc1. The standard InChI is InChI=1S/C15H13N3O2/c19-15(20)11-6-4-10(5-7-11)8-16-13-2-1-3-14-12(13)9-17-18-14/h1-7,9,16H,8H2,(H,17,18)(H,19,20). The van der Waals surface area contributed by atoms with E-state index in [-0.39, 0.29) is 0 Å². The molecule has 2 aromatic carbocycles. The van der Waals surface area contributed by atoms with E-state index in [9.17, 15) is 4.79 Å². The van der Waals surface area contributed by atoms with E-state index in [0.717, 1.165) is 22.2 Å². The highest BCUT2D eigenvalue weighted by molar-refractivity contribution is 5.90.